The Morgan fingerprint density at radius 2 is 2.12 bits per heavy atom. The van der Waals surface area contributed by atoms with E-state index in [0.717, 1.165) is 22.0 Å². The van der Waals surface area contributed by atoms with Crippen LogP contribution in [0.1, 0.15) is 26.2 Å². The first-order chi connectivity index (χ1) is 12.1. The van der Waals surface area contributed by atoms with E-state index in [9.17, 15) is 4.79 Å². The van der Waals surface area contributed by atoms with Crippen molar-refractivity contribution in [2.24, 2.45) is 0 Å². The van der Waals surface area contributed by atoms with Gasteiger partial charge in [0.15, 0.2) is 11.5 Å². The molecule has 4 heterocycles. The Kier molecular flexibility index (Phi) is 4.02. The number of fused-ring (bicyclic) bond motifs is 1. The second-order valence-electron chi connectivity index (χ2n) is 5.45. The zero-order valence-electron chi connectivity index (χ0n) is 13.6. The van der Waals surface area contributed by atoms with Crippen LogP contribution in [0.2, 0.25) is 0 Å². The minimum atomic E-state index is -0.158. The Labute approximate surface area is 151 Å². The molecule has 1 N–H and O–H groups in total. The number of carbonyl (C=O) groups is 1. The topological polar surface area (TPSA) is 85.1 Å². The van der Waals surface area contributed by atoms with Gasteiger partial charge in [-0.15, -0.1) is 21.5 Å². The number of thiophene rings is 1. The minimum absolute atomic E-state index is 0.158. The second kappa shape index (κ2) is 6.34. The predicted octanol–water partition coefficient (Wildman–Crippen LogP) is 2.86. The first-order valence-corrected chi connectivity index (χ1v) is 9.34. The van der Waals surface area contributed by atoms with Gasteiger partial charge in [-0.1, -0.05) is 0 Å². The van der Waals surface area contributed by atoms with Crippen LogP contribution in [0.3, 0.4) is 0 Å². The molecular formula is C16H14N6OS2. The molecule has 4 aromatic heterocycles. The maximum absolute atomic E-state index is 12.3. The Morgan fingerprint density at radius 1 is 1.24 bits per heavy atom. The quantitative estimate of drug-likeness (QED) is 0.597. The molecule has 0 atom stereocenters. The maximum Gasteiger partial charge on any atom is 0.263 e. The average molecular weight is 370 g/mol. The summed E-state index contributed by atoms with van der Waals surface area (Å²) in [6, 6.07) is 5.80. The molecule has 9 heteroatoms. The molecule has 0 bridgehead atoms. The number of amides is 1. The standard InChI is InChI=1S/C16H14N6OS2/c1-9-15(25-10(2)18-9)16(23)17-7-14-20-19-13-4-3-12(21-22(13)14)11-5-6-24-8-11/h3-6,8H,7H2,1-2H3,(H,17,23). The van der Waals surface area contributed by atoms with E-state index in [-0.39, 0.29) is 12.5 Å². The van der Waals surface area contributed by atoms with Gasteiger partial charge >= 0.3 is 0 Å². The van der Waals surface area contributed by atoms with E-state index in [1.165, 1.54) is 11.3 Å². The lowest BCUT2D eigenvalue weighted by Crippen LogP contribution is -2.24. The number of nitrogens with zero attached hydrogens (tertiary/aromatic N) is 5. The molecule has 0 spiro atoms. The van der Waals surface area contributed by atoms with Crippen LogP contribution < -0.4 is 5.32 Å². The summed E-state index contributed by atoms with van der Waals surface area (Å²) in [4.78, 5) is 17.3. The van der Waals surface area contributed by atoms with Gasteiger partial charge in [-0.2, -0.15) is 21.0 Å². The minimum Gasteiger partial charge on any atom is -0.344 e. The van der Waals surface area contributed by atoms with Crippen molar-refractivity contribution in [3.05, 3.63) is 50.4 Å². The van der Waals surface area contributed by atoms with Crippen LogP contribution in [-0.4, -0.2) is 30.7 Å². The molecule has 1 amide bonds. The van der Waals surface area contributed by atoms with Gasteiger partial charge in [-0.25, -0.2) is 4.98 Å². The molecule has 0 aliphatic carbocycles. The highest BCUT2D eigenvalue weighted by Crippen LogP contribution is 2.20. The maximum atomic E-state index is 12.3. The van der Waals surface area contributed by atoms with Crippen molar-refractivity contribution in [3.63, 3.8) is 0 Å². The first-order valence-electron chi connectivity index (χ1n) is 7.58. The van der Waals surface area contributed by atoms with Gasteiger partial charge in [0.2, 0.25) is 0 Å². The number of aryl methyl sites for hydroxylation is 2. The third kappa shape index (κ3) is 3.03. The summed E-state index contributed by atoms with van der Waals surface area (Å²) < 4.78 is 1.66. The number of hydrogen-bond acceptors (Lipinski definition) is 7. The van der Waals surface area contributed by atoms with Crippen molar-refractivity contribution >= 4 is 34.2 Å². The van der Waals surface area contributed by atoms with Crippen LogP contribution in [0, 0.1) is 13.8 Å². The van der Waals surface area contributed by atoms with Gasteiger partial charge in [-0.3, -0.25) is 4.79 Å². The second-order valence-corrected chi connectivity index (χ2v) is 7.43. The largest absolute Gasteiger partial charge is 0.344 e. The summed E-state index contributed by atoms with van der Waals surface area (Å²) in [6.45, 7) is 3.96. The zero-order valence-corrected chi connectivity index (χ0v) is 15.2. The summed E-state index contributed by atoms with van der Waals surface area (Å²) in [5.74, 6) is 0.424. The number of rotatable bonds is 4. The van der Waals surface area contributed by atoms with Crippen LogP contribution in [0.25, 0.3) is 16.9 Å². The smallest absolute Gasteiger partial charge is 0.263 e. The molecule has 25 heavy (non-hydrogen) atoms. The van der Waals surface area contributed by atoms with E-state index in [4.69, 9.17) is 0 Å². The fraction of sp³-hybridized carbons (Fsp3) is 0.188. The molecule has 7 nitrogen and oxygen atoms in total. The number of carbonyl (C=O) groups excluding carboxylic acids is 1. The van der Waals surface area contributed by atoms with Gasteiger partial charge in [0.25, 0.3) is 5.91 Å². The molecule has 0 unspecified atom stereocenters. The molecule has 0 aliphatic heterocycles. The molecule has 0 aliphatic rings. The van der Waals surface area contributed by atoms with Gasteiger partial charge < -0.3 is 5.32 Å². The van der Waals surface area contributed by atoms with Gasteiger partial charge in [0.05, 0.1) is 22.9 Å². The van der Waals surface area contributed by atoms with E-state index in [0.29, 0.717) is 16.3 Å². The van der Waals surface area contributed by atoms with Gasteiger partial charge in [0.1, 0.15) is 4.88 Å². The lowest BCUT2D eigenvalue weighted by molar-refractivity contribution is 0.0953. The van der Waals surface area contributed by atoms with Gasteiger partial charge in [0, 0.05) is 10.9 Å². The molecule has 0 saturated heterocycles. The molecule has 4 aromatic rings. The number of hydrogen-bond donors (Lipinski definition) is 1. The molecule has 0 fully saturated rings. The van der Waals surface area contributed by atoms with Crippen LogP contribution in [0.4, 0.5) is 0 Å². The van der Waals surface area contributed by atoms with Crippen molar-refractivity contribution in [2.45, 2.75) is 20.4 Å². The lowest BCUT2D eigenvalue weighted by atomic mass is 10.2. The van der Waals surface area contributed by atoms with Crippen molar-refractivity contribution in [2.75, 3.05) is 0 Å². The van der Waals surface area contributed by atoms with Crippen molar-refractivity contribution < 1.29 is 4.79 Å². The predicted molar refractivity (Wildman–Crippen MR) is 96.9 cm³/mol. The van der Waals surface area contributed by atoms with Crippen LogP contribution in [0.5, 0.6) is 0 Å². The van der Waals surface area contributed by atoms with Gasteiger partial charge in [-0.05, 0) is 37.4 Å². The van der Waals surface area contributed by atoms with Crippen molar-refractivity contribution in [1.82, 2.24) is 30.1 Å². The summed E-state index contributed by atoms with van der Waals surface area (Å²) in [5, 5.41) is 20.6. The third-order valence-electron chi connectivity index (χ3n) is 3.66. The number of nitrogens with one attached hydrogen (secondary N) is 1. The molecule has 0 saturated carbocycles. The van der Waals surface area contributed by atoms with E-state index in [2.05, 4.69) is 25.6 Å². The average Bonchev–Trinajstić information content (AvgIpc) is 3.32. The fourth-order valence-electron chi connectivity index (χ4n) is 2.49. The lowest BCUT2D eigenvalue weighted by Gasteiger charge is -2.04. The molecule has 126 valence electrons. The van der Waals surface area contributed by atoms with E-state index >= 15 is 0 Å². The summed E-state index contributed by atoms with van der Waals surface area (Å²) in [6.07, 6.45) is 0. The van der Waals surface area contributed by atoms with E-state index < -0.39 is 0 Å². The fourth-order valence-corrected chi connectivity index (χ4v) is 3.98. The Morgan fingerprint density at radius 3 is 2.84 bits per heavy atom. The normalized spacial score (nSPS) is 11.1. The Balaban J connectivity index is 1.58. The van der Waals surface area contributed by atoms with Crippen LogP contribution in [0.15, 0.2) is 29.0 Å². The SMILES string of the molecule is Cc1nc(C)c(C(=O)NCc2nnc3ccc(-c4ccsc4)nn23)s1. The summed E-state index contributed by atoms with van der Waals surface area (Å²) in [7, 11) is 0. The first kappa shape index (κ1) is 15.9. The molecule has 0 aromatic carbocycles. The zero-order chi connectivity index (χ0) is 17.4. The number of thiazole rings is 1. The van der Waals surface area contributed by atoms with E-state index in [1.807, 2.05) is 42.8 Å². The summed E-state index contributed by atoms with van der Waals surface area (Å²) in [5.41, 5.74) is 3.28. The Hall–Kier alpha value is -2.65. The molecular weight excluding hydrogens is 356 g/mol. The van der Waals surface area contributed by atoms with Crippen molar-refractivity contribution in [3.8, 4) is 11.3 Å². The van der Waals surface area contributed by atoms with Crippen LogP contribution in [-0.2, 0) is 6.54 Å². The Bertz CT molecular complexity index is 1050. The monoisotopic (exact) mass is 370 g/mol. The van der Waals surface area contributed by atoms with E-state index in [1.54, 1.807) is 15.9 Å². The van der Waals surface area contributed by atoms with Crippen LogP contribution >= 0.6 is 22.7 Å². The van der Waals surface area contributed by atoms with Crippen molar-refractivity contribution in [1.29, 1.82) is 0 Å². The highest BCUT2D eigenvalue weighted by Gasteiger charge is 2.15. The molecule has 0 radical (unpaired) electrons. The number of aromatic nitrogens is 5. The molecule has 4 rings (SSSR count). The highest BCUT2D eigenvalue weighted by atomic mass is 32.1. The third-order valence-corrected chi connectivity index (χ3v) is 5.42. The highest BCUT2D eigenvalue weighted by molar-refractivity contribution is 7.13. The summed E-state index contributed by atoms with van der Waals surface area (Å²) >= 11 is 3.00.